The van der Waals surface area contributed by atoms with Crippen LogP contribution in [0.5, 0.6) is 0 Å². The second-order valence-electron chi connectivity index (χ2n) is 3.50. The molecule has 0 atom stereocenters. The summed E-state index contributed by atoms with van der Waals surface area (Å²) in [6.45, 7) is 0. The van der Waals surface area contributed by atoms with Gasteiger partial charge in [0.1, 0.15) is 0 Å². The van der Waals surface area contributed by atoms with E-state index in [0.717, 1.165) is 22.3 Å². The number of H-pyrrole nitrogens is 4. The molecule has 0 aliphatic rings. The Balaban J connectivity index is 2.25. The predicted molar refractivity (Wildman–Crippen MR) is 63.9 cm³/mol. The van der Waals surface area contributed by atoms with Crippen molar-refractivity contribution in [3.63, 3.8) is 0 Å². The first kappa shape index (κ1) is 9.17. The quantitative estimate of drug-likeness (QED) is 0.483. The molecule has 0 saturated carbocycles. The van der Waals surface area contributed by atoms with Gasteiger partial charge in [0, 0.05) is 11.8 Å². The van der Waals surface area contributed by atoms with Gasteiger partial charge in [0.2, 0.25) is 0 Å². The Hall–Kier alpha value is -2.08. The number of fused-ring (bicyclic) bond motifs is 1. The summed E-state index contributed by atoms with van der Waals surface area (Å²) < 4.78 is 0.581. The van der Waals surface area contributed by atoms with Gasteiger partial charge in [-0.2, -0.15) is 0 Å². The molecule has 80 valence electrons. The fraction of sp³-hybridized carbons (Fsp3) is 0. The maximum atomic E-state index is 11.1. The van der Waals surface area contributed by atoms with E-state index >= 15 is 0 Å². The van der Waals surface area contributed by atoms with Gasteiger partial charge in [0.25, 0.3) is 0 Å². The highest BCUT2D eigenvalue weighted by atomic mass is 32.1. The number of hydrogen-bond acceptors (Lipinski definition) is 2. The molecular weight excluding hydrogens is 224 g/mol. The van der Waals surface area contributed by atoms with Crippen molar-refractivity contribution in [2.75, 3.05) is 0 Å². The number of rotatable bonds is 1. The van der Waals surface area contributed by atoms with Gasteiger partial charge in [-0.25, -0.2) is 4.79 Å². The maximum absolute atomic E-state index is 11.1. The van der Waals surface area contributed by atoms with E-state index in [-0.39, 0.29) is 5.69 Å². The third-order valence-electron chi connectivity index (χ3n) is 2.42. The van der Waals surface area contributed by atoms with E-state index in [1.807, 2.05) is 18.2 Å². The molecule has 0 fully saturated rings. The second kappa shape index (κ2) is 3.21. The molecule has 5 nitrogen and oxygen atoms in total. The summed E-state index contributed by atoms with van der Waals surface area (Å²) in [5.74, 6) is 0. The summed E-state index contributed by atoms with van der Waals surface area (Å²) in [4.78, 5) is 22.4. The van der Waals surface area contributed by atoms with E-state index < -0.39 is 0 Å². The molecule has 0 bridgehead atoms. The van der Waals surface area contributed by atoms with E-state index in [2.05, 4.69) is 19.9 Å². The topological polar surface area (TPSA) is 80.2 Å². The zero-order chi connectivity index (χ0) is 11.1. The van der Waals surface area contributed by atoms with Crippen molar-refractivity contribution >= 4 is 23.3 Å². The number of imidazole rings is 2. The third-order valence-corrected chi connectivity index (χ3v) is 2.64. The van der Waals surface area contributed by atoms with Gasteiger partial charge >= 0.3 is 5.69 Å². The van der Waals surface area contributed by atoms with Crippen LogP contribution in [0, 0.1) is 4.77 Å². The summed E-state index contributed by atoms with van der Waals surface area (Å²) in [6.07, 6.45) is 1.80. The van der Waals surface area contributed by atoms with Crippen LogP contribution in [0.2, 0.25) is 0 Å². The van der Waals surface area contributed by atoms with Crippen LogP contribution in [0.15, 0.2) is 29.2 Å². The molecular formula is C10H8N4OS. The average Bonchev–Trinajstić information content (AvgIpc) is 2.81. The van der Waals surface area contributed by atoms with Crippen LogP contribution in [0.25, 0.3) is 22.3 Å². The molecule has 0 spiro atoms. The highest BCUT2D eigenvalue weighted by molar-refractivity contribution is 7.71. The molecule has 3 aromatic rings. The van der Waals surface area contributed by atoms with E-state index in [1.165, 1.54) is 0 Å². The molecule has 0 aliphatic carbocycles. The summed E-state index contributed by atoms with van der Waals surface area (Å²) >= 11 is 4.96. The van der Waals surface area contributed by atoms with Gasteiger partial charge < -0.3 is 19.9 Å². The lowest BCUT2D eigenvalue weighted by Gasteiger charge is -1.96. The fourth-order valence-electron chi connectivity index (χ4n) is 1.69. The van der Waals surface area contributed by atoms with Crippen LogP contribution in [0.3, 0.4) is 0 Å². The first-order valence-electron chi connectivity index (χ1n) is 4.72. The van der Waals surface area contributed by atoms with Crippen LogP contribution in [-0.2, 0) is 0 Å². The van der Waals surface area contributed by atoms with Gasteiger partial charge in [0.05, 0.1) is 16.7 Å². The minimum Gasteiger partial charge on any atom is -0.337 e. The SMILES string of the molecule is O=c1[nH]c2ccc(-c3c[nH]c(=S)[nH]3)cc2[nH]1. The van der Waals surface area contributed by atoms with Crippen molar-refractivity contribution in [2.45, 2.75) is 0 Å². The molecule has 0 amide bonds. The Kier molecular flexibility index (Phi) is 1.84. The monoisotopic (exact) mass is 232 g/mol. The number of hydrogen-bond donors (Lipinski definition) is 4. The first-order valence-corrected chi connectivity index (χ1v) is 5.13. The van der Waals surface area contributed by atoms with Gasteiger partial charge in [-0.05, 0) is 24.4 Å². The Bertz CT molecular complexity index is 761. The van der Waals surface area contributed by atoms with Crippen molar-refractivity contribution in [1.82, 2.24) is 19.9 Å². The summed E-state index contributed by atoms with van der Waals surface area (Å²) in [7, 11) is 0. The number of nitrogens with one attached hydrogen (secondary N) is 4. The second-order valence-corrected chi connectivity index (χ2v) is 3.90. The van der Waals surface area contributed by atoms with Gasteiger partial charge in [-0.1, -0.05) is 6.07 Å². The molecule has 0 aliphatic heterocycles. The van der Waals surface area contributed by atoms with Gasteiger partial charge in [0.15, 0.2) is 4.77 Å². The Morgan fingerprint density at radius 2 is 1.88 bits per heavy atom. The van der Waals surface area contributed by atoms with E-state index in [1.54, 1.807) is 6.20 Å². The fourth-order valence-corrected chi connectivity index (χ4v) is 1.86. The maximum Gasteiger partial charge on any atom is 0.323 e. The summed E-state index contributed by atoms with van der Waals surface area (Å²) in [6, 6.07) is 5.66. The highest BCUT2D eigenvalue weighted by Gasteiger charge is 2.02. The normalized spacial score (nSPS) is 11.0. The van der Waals surface area contributed by atoms with Crippen LogP contribution >= 0.6 is 12.2 Å². The largest absolute Gasteiger partial charge is 0.337 e. The Morgan fingerprint density at radius 3 is 2.62 bits per heavy atom. The van der Waals surface area contributed by atoms with Crippen LogP contribution in [-0.4, -0.2) is 19.9 Å². The lowest BCUT2D eigenvalue weighted by atomic mass is 10.1. The smallest absolute Gasteiger partial charge is 0.323 e. The predicted octanol–water partition coefficient (Wildman–Crippen LogP) is 1.91. The molecule has 0 radical (unpaired) electrons. The molecule has 0 saturated heterocycles. The van der Waals surface area contributed by atoms with E-state index in [4.69, 9.17) is 12.2 Å². The molecule has 0 unspecified atom stereocenters. The molecule has 3 rings (SSSR count). The minimum absolute atomic E-state index is 0.200. The van der Waals surface area contributed by atoms with Crippen molar-refractivity contribution in [3.05, 3.63) is 39.7 Å². The van der Waals surface area contributed by atoms with Crippen LogP contribution in [0.4, 0.5) is 0 Å². The number of aromatic nitrogens is 4. The van der Waals surface area contributed by atoms with Crippen LogP contribution < -0.4 is 5.69 Å². The van der Waals surface area contributed by atoms with Crippen molar-refractivity contribution in [1.29, 1.82) is 0 Å². The zero-order valence-corrected chi connectivity index (χ0v) is 8.94. The third kappa shape index (κ3) is 1.40. The zero-order valence-electron chi connectivity index (χ0n) is 8.13. The molecule has 16 heavy (non-hydrogen) atoms. The molecule has 4 N–H and O–H groups in total. The first-order chi connectivity index (χ1) is 7.72. The highest BCUT2D eigenvalue weighted by Crippen LogP contribution is 2.19. The van der Waals surface area contributed by atoms with Crippen LogP contribution in [0.1, 0.15) is 0 Å². The lowest BCUT2D eigenvalue weighted by Crippen LogP contribution is -1.99. The van der Waals surface area contributed by atoms with Crippen molar-refractivity contribution in [2.24, 2.45) is 0 Å². The van der Waals surface area contributed by atoms with Crippen molar-refractivity contribution < 1.29 is 0 Å². The van der Waals surface area contributed by atoms with E-state index in [0.29, 0.717) is 4.77 Å². The lowest BCUT2D eigenvalue weighted by molar-refractivity contribution is 1.21. The number of aromatic amines is 4. The number of benzene rings is 1. The Labute approximate surface area is 94.5 Å². The molecule has 2 heterocycles. The summed E-state index contributed by atoms with van der Waals surface area (Å²) in [5.41, 5.74) is 3.24. The molecule has 1 aromatic carbocycles. The van der Waals surface area contributed by atoms with Gasteiger partial charge in [-0.3, -0.25) is 0 Å². The van der Waals surface area contributed by atoms with E-state index in [9.17, 15) is 4.79 Å². The summed E-state index contributed by atoms with van der Waals surface area (Å²) in [5, 5.41) is 0. The van der Waals surface area contributed by atoms with Gasteiger partial charge in [-0.15, -0.1) is 0 Å². The van der Waals surface area contributed by atoms with Crippen molar-refractivity contribution in [3.8, 4) is 11.3 Å². The average molecular weight is 232 g/mol. The molecule has 6 heteroatoms. The minimum atomic E-state index is -0.200. The Morgan fingerprint density at radius 1 is 1.06 bits per heavy atom. The standard InChI is InChI=1S/C10H8N4OS/c15-9-12-6-2-1-5(3-7(6)13-9)8-4-11-10(16)14-8/h1-4H,(H2,11,14,16)(H2,12,13,15). The molecule has 2 aromatic heterocycles.